The normalized spacial score (nSPS) is 9.40. The Labute approximate surface area is 59.3 Å². The summed E-state index contributed by atoms with van der Waals surface area (Å²) in [4.78, 5) is 3.82. The van der Waals surface area contributed by atoms with Crippen LogP contribution in [0.15, 0.2) is 18.5 Å². The first kappa shape index (κ1) is 7.02. The molecular formula is C7H9NO2. The minimum Gasteiger partial charge on any atom is -0.496 e. The molecule has 0 fully saturated rings. The van der Waals surface area contributed by atoms with Crippen molar-refractivity contribution in [1.29, 1.82) is 0 Å². The molecule has 0 bridgehead atoms. The van der Waals surface area contributed by atoms with Crippen LogP contribution in [-0.2, 0) is 6.61 Å². The third-order valence-electron chi connectivity index (χ3n) is 1.25. The van der Waals surface area contributed by atoms with E-state index in [2.05, 4.69) is 4.98 Å². The van der Waals surface area contributed by atoms with Gasteiger partial charge in [0.05, 0.1) is 13.7 Å². The van der Waals surface area contributed by atoms with Crippen LogP contribution >= 0.6 is 0 Å². The summed E-state index contributed by atoms with van der Waals surface area (Å²) in [5.41, 5.74) is 0.713. The van der Waals surface area contributed by atoms with Gasteiger partial charge in [-0.1, -0.05) is 0 Å². The van der Waals surface area contributed by atoms with E-state index in [4.69, 9.17) is 9.84 Å². The minimum absolute atomic E-state index is 0.0307. The van der Waals surface area contributed by atoms with E-state index in [1.54, 1.807) is 25.6 Å². The molecule has 3 heteroatoms. The first-order valence-electron chi connectivity index (χ1n) is 2.96. The lowest BCUT2D eigenvalue weighted by Gasteiger charge is -2.02. The molecular weight excluding hydrogens is 130 g/mol. The molecule has 0 atom stereocenters. The van der Waals surface area contributed by atoms with Gasteiger partial charge in [-0.2, -0.15) is 0 Å². The van der Waals surface area contributed by atoms with Gasteiger partial charge >= 0.3 is 0 Å². The van der Waals surface area contributed by atoms with E-state index in [9.17, 15) is 0 Å². The van der Waals surface area contributed by atoms with Gasteiger partial charge in [-0.05, 0) is 6.07 Å². The second-order valence-electron chi connectivity index (χ2n) is 1.85. The fourth-order valence-electron chi connectivity index (χ4n) is 0.732. The predicted octanol–water partition coefficient (Wildman–Crippen LogP) is 0.582. The predicted molar refractivity (Wildman–Crippen MR) is 36.7 cm³/mol. The highest BCUT2D eigenvalue weighted by atomic mass is 16.5. The number of hydrogen-bond acceptors (Lipinski definition) is 3. The maximum atomic E-state index is 8.73. The highest BCUT2D eigenvalue weighted by Crippen LogP contribution is 2.14. The third-order valence-corrected chi connectivity index (χ3v) is 1.25. The first-order valence-corrected chi connectivity index (χ1v) is 2.96. The smallest absolute Gasteiger partial charge is 0.127 e. The number of aliphatic hydroxyl groups is 1. The standard InChI is InChI=1S/C7H9NO2/c1-10-7-2-3-8-4-6(7)5-9/h2-4,9H,5H2,1H3. The van der Waals surface area contributed by atoms with E-state index >= 15 is 0 Å². The Morgan fingerprint density at radius 2 is 2.50 bits per heavy atom. The number of pyridine rings is 1. The van der Waals surface area contributed by atoms with Gasteiger partial charge in [-0.25, -0.2) is 0 Å². The highest BCUT2D eigenvalue weighted by Gasteiger charge is 1.97. The molecule has 1 heterocycles. The van der Waals surface area contributed by atoms with E-state index in [0.29, 0.717) is 11.3 Å². The van der Waals surface area contributed by atoms with Crippen molar-refractivity contribution >= 4 is 0 Å². The van der Waals surface area contributed by atoms with Crippen molar-refractivity contribution in [3.63, 3.8) is 0 Å². The van der Waals surface area contributed by atoms with Crippen molar-refractivity contribution in [3.8, 4) is 5.75 Å². The molecule has 0 unspecified atom stereocenters. The molecule has 0 aliphatic heterocycles. The van der Waals surface area contributed by atoms with Crippen LogP contribution in [0.5, 0.6) is 5.75 Å². The van der Waals surface area contributed by atoms with Gasteiger partial charge in [0.25, 0.3) is 0 Å². The van der Waals surface area contributed by atoms with Crippen LogP contribution < -0.4 is 4.74 Å². The molecule has 0 aliphatic carbocycles. The maximum Gasteiger partial charge on any atom is 0.127 e. The molecule has 0 saturated heterocycles. The van der Waals surface area contributed by atoms with Crippen LogP contribution in [0.3, 0.4) is 0 Å². The molecule has 0 saturated carbocycles. The summed E-state index contributed by atoms with van der Waals surface area (Å²) in [5.74, 6) is 0.678. The average Bonchev–Trinajstić information content (AvgIpc) is 2.04. The van der Waals surface area contributed by atoms with Crippen molar-refractivity contribution in [3.05, 3.63) is 24.0 Å². The number of aromatic nitrogens is 1. The van der Waals surface area contributed by atoms with Crippen molar-refractivity contribution in [1.82, 2.24) is 4.98 Å². The largest absolute Gasteiger partial charge is 0.496 e. The zero-order valence-corrected chi connectivity index (χ0v) is 5.74. The number of ether oxygens (including phenoxy) is 1. The van der Waals surface area contributed by atoms with E-state index in [1.165, 1.54) is 0 Å². The third kappa shape index (κ3) is 1.25. The van der Waals surface area contributed by atoms with Gasteiger partial charge in [0.2, 0.25) is 0 Å². The average molecular weight is 139 g/mol. The number of methoxy groups -OCH3 is 1. The summed E-state index contributed by atoms with van der Waals surface area (Å²) >= 11 is 0. The van der Waals surface area contributed by atoms with Crippen LogP contribution in [0.4, 0.5) is 0 Å². The first-order chi connectivity index (χ1) is 4.88. The SMILES string of the molecule is COc1ccncc1CO. The van der Waals surface area contributed by atoms with Crippen LogP contribution in [0, 0.1) is 0 Å². The summed E-state index contributed by atoms with van der Waals surface area (Å²) in [5, 5.41) is 8.73. The second kappa shape index (κ2) is 3.17. The minimum atomic E-state index is -0.0307. The van der Waals surface area contributed by atoms with Crippen LogP contribution in [0.25, 0.3) is 0 Å². The molecule has 10 heavy (non-hydrogen) atoms. The fourth-order valence-corrected chi connectivity index (χ4v) is 0.732. The Morgan fingerprint density at radius 3 is 3.00 bits per heavy atom. The Bertz CT molecular complexity index is 190. The van der Waals surface area contributed by atoms with Gasteiger partial charge in [0.15, 0.2) is 0 Å². The molecule has 54 valence electrons. The van der Waals surface area contributed by atoms with Crippen LogP contribution in [0.1, 0.15) is 5.56 Å². The summed E-state index contributed by atoms with van der Waals surface area (Å²) in [6.07, 6.45) is 3.21. The van der Waals surface area contributed by atoms with Gasteiger partial charge in [-0.15, -0.1) is 0 Å². The molecule has 1 aromatic heterocycles. The Morgan fingerprint density at radius 1 is 1.70 bits per heavy atom. The Hall–Kier alpha value is -1.09. The molecule has 1 rings (SSSR count). The monoisotopic (exact) mass is 139 g/mol. The fraction of sp³-hybridized carbons (Fsp3) is 0.286. The van der Waals surface area contributed by atoms with Gasteiger partial charge < -0.3 is 9.84 Å². The summed E-state index contributed by atoms with van der Waals surface area (Å²) < 4.78 is 4.94. The lowest BCUT2D eigenvalue weighted by Crippen LogP contribution is -1.91. The van der Waals surface area contributed by atoms with Gasteiger partial charge in [0, 0.05) is 18.0 Å². The topological polar surface area (TPSA) is 42.4 Å². The van der Waals surface area contributed by atoms with Crippen molar-refractivity contribution in [2.24, 2.45) is 0 Å². The summed E-state index contributed by atoms with van der Waals surface area (Å²) in [6.45, 7) is -0.0307. The highest BCUT2D eigenvalue weighted by molar-refractivity contribution is 5.28. The Kier molecular flexibility index (Phi) is 2.23. The zero-order chi connectivity index (χ0) is 7.40. The van der Waals surface area contributed by atoms with E-state index in [1.807, 2.05) is 0 Å². The molecule has 3 nitrogen and oxygen atoms in total. The molecule has 0 radical (unpaired) electrons. The van der Waals surface area contributed by atoms with Gasteiger partial charge in [-0.3, -0.25) is 4.98 Å². The number of aliphatic hydroxyl groups excluding tert-OH is 1. The zero-order valence-electron chi connectivity index (χ0n) is 5.74. The van der Waals surface area contributed by atoms with Crippen molar-refractivity contribution in [2.75, 3.05) is 7.11 Å². The molecule has 1 N–H and O–H groups in total. The second-order valence-corrected chi connectivity index (χ2v) is 1.85. The molecule has 1 aromatic rings. The lowest BCUT2D eigenvalue weighted by molar-refractivity contribution is 0.273. The molecule has 0 aliphatic rings. The van der Waals surface area contributed by atoms with Gasteiger partial charge in [0.1, 0.15) is 5.75 Å². The van der Waals surface area contributed by atoms with E-state index < -0.39 is 0 Å². The summed E-state index contributed by atoms with van der Waals surface area (Å²) in [7, 11) is 1.56. The van der Waals surface area contributed by atoms with E-state index in [-0.39, 0.29) is 6.61 Å². The van der Waals surface area contributed by atoms with Crippen molar-refractivity contribution < 1.29 is 9.84 Å². The van der Waals surface area contributed by atoms with E-state index in [0.717, 1.165) is 0 Å². The molecule has 0 amide bonds. The number of nitrogens with zero attached hydrogens (tertiary/aromatic N) is 1. The number of rotatable bonds is 2. The number of hydrogen-bond donors (Lipinski definition) is 1. The summed E-state index contributed by atoms with van der Waals surface area (Å²) in [6, 6.07) is 1.71. The molecule has 0 aromatic carbocycles. The van der Waals surface area contributed by atoms with Crippen LogP contribution in [0.2, 0.25) is 0 Å². The maximum absolute atomic E-state index is 8.73. The molecule has 0 spiro atoms. The Balaban J connectivity index is 2.96. The van der Waals surface area contributed by atoms with Crippen LogP contribution in [-0.4, -0.2) is 17.2 Å². The lowest BCUT2D eigenvalue weighted by atomic mass is 10.3. The van der Waals surface area contributed by atoms with Crippen molar-refractivity contribution in [2.45, 2.75) is 6.61 Å². The quantitative estimate of drug-likeness (QED) is 0.651.